The highest BCUT2D eigenvalue weighted by Gasteiger charge is 1.99. The minimum absolute atomic E-state index is 0.758. The molecule has 2 heteroatoms. The summed E-state index contributed by atoms with van der Waals surface area (Å²) in [4.78, 5) is 0. The molecule has 0 aliphatic rings. The van der Waals surface area contributed by atoms with Crippen LogP contribution in [0.15, 0.2) is 85.4 Å². The fourth-order valence-electron chi connectivity index (χ4n) is 3.01. The van der Waals surface area contributed by atoms with E-state index in [-0.39, 0.29) is 0 Å². The van der Waals surface area contributed by atoms with Crippen molar-refractivity contribution in [2.24, 2.45) is 0 Å². The molecule has 0 aliphatic heterocycles. The maximum Gasteiger partial charge on any atom is 0.119 e. The molecule has 0 saturated carbocycles. The Kier molecular flexibility index (Phi) is 7.75. The number of benzene rings is 3. The average Bonchev–Trinajstić information content (AvgIpc) is 2.77. The molecule has 0 atom stereocenters. The zero-order valence-corrected chi connectivity index (χ0v) is 16.3. The van der Waals surface area contributed by atoms with Crippen LogP contribution in [0, 0.1) is 0 Å². The molecule has 0 radical (unpaired) electrons. The van der Waals surface area contributed by atoms with Crippen LogP contribution < -0.4 is 9.47 Å². The van der Waals surface area contributed by atoms with Crippen LogP contribution in [-0.4, -0.2) is 13.2 Å². The Labute approximate surface area is 168 Å². The van der Waals surface area contributed by atoms with Gasteiger partial charge in [0.2, 0.25) is 0 Å². The SMILES string of the molecule is C=Cc1ccc(OCCCCCCOc2ccc(-c3ccccc3)cc2)cc1. The summed E-state index contributed by atoms with van der Waals surface area (Å²) in [6.45, 7) is 5.27. The summed E-state index contributed by atoms with van der Waals surface area (Å²) in [5.41, 5.74) is 3.56. The van der Waals surface area contributed by atoms with Gasteiger partial charge in [-0.05, 0) is 66.6 Å². The van der Waals surface area contributed by atoms with Crippen molar-refractivity contribution in [1.29, 1.82) is 0 Å². The van der Waals surface area contributed by atoms with E-state index in [1.165, 1.54) is 11.1 Å². The molecule has 28 heavy (non-hydrogen) atoms. The monoisotopic (exact) mass is 372 g/mol. The molecule has 0 unspecified atom stereocenters. The largest absolute Gasteiger partial charge is 0.494 e. The van der Waals surface area contributed by atoms with Crippen LogP contribution in [0.3, 0.4) is 0 Å². The van der Waals surface area contributed by atoms with Crippen LogP contribution >= 0.6 is 0 Å². The Bertz CT molecular complexity index is 821. The van der Waals surface area contributed by atoms with E-state index in [2.05, 4.69) is 43.0 Å². The third kappa shape index (κ3) is 6.31. The van der Waals surface area contributed by atoms with Crippen molar-refractivity contribution in [1.82, 2.24) is 0 Å². The Morgan fingerprint density at radius 1 is 0.571 bits per heavy atom. The molecular weight excluding hydrogens is 344 g/mol. The molecule has 3 rings (SSSR count). The fourth-order valence-corrected chi connectivity index (χ4v) is 3.01. The molecule has 0 aromatic heterocycles. The third-order valence-corrected chi connectivity index (χ3v) is 4.65. The summed E-state index contributed by atoms with van der Waals surface area (Å²) in [6.07, 6.45) is 6.27. The maximum atomic E-state index is 5.86. The first-order chi connectivity index (χ1) is 13.8. The van der Waals surface area contributed by atoms with Gasteiger partial charge in [-0.2, -0.15) is 0 Å². The maximum absolute atomic E-state index is 5.86. The van der Waals surface area contributed by atoms with Crippen molar-refractivity contribution in [3.63, 3.8) is 0 Å². The van der Waals surface area contributed by atoms with E-state index >= 15 is 0 Å². The minimum atomic E-state index is 0.758. The predicted molar refractivity (Wildman–Crippen MR) is 118 cm³/mol. The van der Waals surface area contributed by atoms with Gasteiger partial charge in [0.05, 0.1) is 13.2 Å². The second-order valence-corrected chi connectivity index (χ2v) is 6.77. The van der Waals surface area contributed by atoms with E-state index in [9.17, 15) is 0 Å². The highest BCUT2D eigenvalue weighted by atomic mass is 16.5. The molecule has 0 heterocycles. The van der Waals surface area contributed by atoms with Crippen molar-refractivity contribution in [2.45, 2.75) is 25.7 Å². The summed E-state index contributed by atoms with van der Waals surface area (Å²) < 4.78 is 11.6. The van der Waals surface area contributed by atoms with Crippen molar-refractivity contribution in [2.75, 3.05) is 13.2 Å². The normalized spacial score (nSPS) is 10.4. The first-order valence-electron chi connectivity index (χ1n) is 9.99. The lowest BCUT2D eigenvalue weighted by molar-refractivity contribution is 0.287. The van der Waals surface area contributed by atoms with Crippen molar-refractivity contribution >= 4 is 6.08 Å². The number of hydrogen-bond donors (Lipinski definition) is 0. The molecule has 0 amide bonds. The Balaban J connectivity index is 1.26. The molecule has 0 N–H and O–H groups in total. The number of unbranched alkanes of at least 4 members (excludes halogenated alkanes) is 3. The van der Waals surface area contributed by atoms with Crippen molar-refractivity contribution in [3.05, 3.63) is 91.0 Å². The zero-order valence-electron chi connectivity index (χ0n) is 16.3. The molecule has 0 aliphatic carbocycles. The van der Waals surface area contributed by atoms with Gasteiger partial charge in [-0.3, -0.25) is 0 Å². The van der Waals surface area contributed by atoms with E-state index in [0.717, 1.165) is 56.0 Å². The fraction of sp³-hybridized carbons (Fsp3) is 0.231. The van der Waals surface area contributed by atoms with E-state index in [4.69, 9.17) is 9.47 Å². The lowest BCUT2D eigenvalue weighted by Crippen LogP contribution is -1.99. The smallest absolute Gasteiger partial charge is 0.119 e. The predicted octanol–water partition coefficient (Wildman–Crippen LogP) is 7.01. The van der Waals surface area contributed by atoms with E-state index in [1.54, 1.807) is 0 Å². The van der Waals surface area contributed by atoms with E-state index in [1.807, 2.05) is 48.5 Å². The average molecular weight is 373 g/mol. The van der Waals surface area contributed by atoms with E-state index < -0.39 is 0 Å². The molecule has 3 aromatic rings. The van der Waals surface area contributed by atoms with Crippen LogP contribution in [0.1, 0.15) is 31.2 Å². The van der Waals surface area contributed by atoms with Gasteiger partial charge in [0.15, 0.2) is 0 Å². The third-order valence-electron chi connectivity index (χ3n) is 4.65. The number of ether oxygens (including phenoxy) is 2. The Hall–Kier alpha value is -3.00. The van der Waals surface area contributed by atoms with Gasteiger partial charge in [-0.15, -0.1) is 0 Å². The second kappa shape index (κ2) is 11.0. The summed E-state index contributed by atoms with van der Waals surface area (Å²) in [5.74, 6) is 1.86. The molecule has 0 spiro atoms. The Morgan fingerprint density at radius 3 is 1.61 bits per heavy atom. The standard InChI is InChI=1S/C26H28O2/c1-2-22-12-16-25(17-13-22)27-20-8-3-4-9-21-28-26-18-14-24(15-19-26)23-10-6-5-7-11-23/h2,5-7,10-19H,1,3-4,8-9,20-21H2. The van der Waals surface area contributed by atoms with Gasteiger partial charge in [0.25, 0.3) is 0 Å². The van der Waals surface area contributed by atoms with Gasteiger partial charge >= 0.3 is 0 Å². The lowest BCUT2D eigenvalue weighted by atomic mass is 10.1. The van der Waals surface area contributed by atoms with Gasteiger partial charge in [-0.25, -0.2) is 0 Å². The first-order valence-corrected chi connectivity index (χ1v) is 9.99. The summed E-state index contributed by atoms with van der Waals surface area (Å²) >= 11 is 0. The molecule has 3 aromatic carbocycles. The van der Waals surface area contributed by atoms with Gasteiger partial charge in [0.1, 0.15) is 11.5 Å². The molecule has 0 fully saturated rings. The highest BCUT2D eigenvalue weighted by molar-refractivity contribution is 5.63. The van der Waals surface area contributed by atoms with Crippen LogP contribution in [0.4, 0.5) is 0 Å². The summed E-state index contributed by atoms with van der Waals surface area (Å²) in [5, 5.41) is 0. The zero-order chi connectivity index (χ0) is 19.4. The van der Waals surface area contributed by atoms with Crippen LogP contribution in [0.25, 0.3) is 17.2 Å². The van der Waals surface area contributed by atoms with Gasteiger partial charge < -0.3 is 9.47 Å². The summed E-state index contributed by atoms with van der Waals surface area (Å²) in [7, 11) is 0. The van der Waals surface area contributed by atoms with Gasteiger partial charge in [-0.1, -0.05) is 67.3 Å². The van der Waals surface area contributed by atoms with Crippen LogP contribution in [0.2, 0.25) is 0 Å². The molecule has 0 saturated heterocycles. The summed E-state index contributed by atoms with van der Waals surface area (Å²) in [6, 6.07) is 26.8. The second-order valence-electron chi connectivity index (χ2n) is 6.77. The Morgan fingerprint density at radius 2 is 1.07 bits per heavy atom. The molecule has 0 bridgehead atoms. The highest BCUT2D eigenvalue weighted by Crippen LogP contribution is 2.22. The lowest BCUT2D eigenvalue weighted by Gasteiger charge is -2.08. The number of rotatable bonds is 11. The quantitative estimate of drug-likeness (QED) is 0.337. The van der Waals surface area contributed by atoms with Crippen LogP contribution in [-0.2, 0) is 0 Å². The van der Waals surface area contributed by atoms with Gasteiger partial charge in [0, 0.05) is 0 Å². The molecular formula is C26H28O2. The topological polar surface area (TPSA) is 18.5 Å². The van der Waals surface area contributed by atoms with Crippen molar-refractivity contribution in [3.8, 4) is 22.6 Å². The first kappa shape index (κ1) is 19.8. The molecule has 2 nitrogen and oxygen atoms in total. The number of hydrogen-bond acceptors (Lipinski definition) is 2. The van der Waals surface area contributed by atoms with Crippen LogP contribution in [0.5, 0.6) is 11.5 Å². The van der Waals surface area contributed by atoms with E-state index in [0.29, 0.717) is 0 Å². The molecule has 144 valence electrons. The van der Waals surface area contributed by atoms with Crippen molar-refractivity contribution < 1.29 is 9.47 Å². The minimum Gasteiger partial charge on any atom is -0.494 e.